The zero-order chi connectivity index (χ0) is 22.0. The number of aliphatic hydroxyl groups is 2. The molecule has 3 N–H and O–H groups in total. The standard InChI is InChI=1S/C25H32O5S/c26-20-13-21(27)23(31-15-17-7-9-18(10-8-17)24(29)30)19(20)3-1-4-22(28)25(11-2-12-25)14-16-5-6-16/h1,3,7-10,16,19-20,22-23,26,28H,2,4-6,11-15H2,(H,29,30)/b3-1+/t19-,20?,22?,23?/m0/s1. The summed E-state index contributed by atoms with van der Waals surface area (Å²) in [5.41, 5.74) is 1.28. The molecule has 3 aliphatic carbocycles. The number of hydrogen-bond acceptors (Lipinski definition) is 5. The highest BCUT2D eigenvalue weighted by Crippen LogP contribution is 2.53. The molecule has 4 rings (SSSR count). The molecule has 3 fully saturated rings. The summed E-state index contributed by atoms with van der Waals surface area (Å²) in [7, 11) is 0. The molecule has 0 saturated heterocycles. The number of carboxylic acids is 1. The van der Waals surface area contributed by atoms with Gasteiger partial charge in [-0.2, -0.15) is 0 Å². The van der Waals surface area contributed by atoms with Crippen molar-refractivity contribution in [3.63, 3.8) is 0 Å². The van der Waals surface area contributed by atoms with Crippen molar-refractivity contribution in [3.05, 3.63) is 47.5 Å². The number of ketones is 1. The SMILES string of the molecule is O=C(O)c1ccc(CSC2C(=O)CC(O)[C@@H]2/C=C/CC(O)C2(CC3CC3)CCC2)cc1. The van der Waals surface area contributed by atoms with E-state index < -0.39 is 12.1 Å². The fraction of sp³-hybridized carbons (Fsp3) is 0.600. The van der Waals surface area contributed by atoms with Crippen molar-refractivity contribution < 1.29 is 24.9 Å². The molecule has 4 atom stereocenters. The van der Waals surface area contributed by atoms with Gasteiger partial charge in [0.05, 0.1) is 23.0 Å². The second-order valence-electron chi connectivity index (χ2n) is 9.59. The van der Waals surface area contributed by atoms with Crippen molar-refractivity contribution >= 4 is 23.5 Å². The van der Waals surface area contributed by atoms with Crippen LogP contribution in [0.15, 0.2) is 36.4 Å². The molecule has 0 radical (unpaired) electrons. The molecule has 3 aliphatic rings. The van der Waals surface area contributed by atoms with Crippen LogP contribution in [0.5, 0.6) is 0 Å². The minimum atomic E-state index is -0.957. The largest absolute Gasteiger partial charge is 0.478 e. The molecule has 1 aromatic rings. The van der Waals surface area contributed by atoms with E-state index in [0.717, 1.165) is 30.7 Å². The van der Waals surface area contributed by atoms with Crippen molar-refractivity contribution in [3.8, 4) is 0 Å². The average Bonchev–Trinajstić information content (AvgIpc) is 3.49. The van der Waals surface area contributed by atoms with Crippen LogP contribution >= 0.6 is 11.8 Å². The van der Waals surface area contributed by atoms with E-state index in [0.29, 0.717) is 12.2 Å². The normalized spacial score (nSPS) is 28.6. The lowest BCUT2D eigenvalue weighted by molar-refractivity contribution is -0.117. The number of aliphatic hydroxyl groups excluding tert-OH is 2. The first kappa shape index (κ1) is 22.6. The van der Waals surface area contributed by atoms with E-state index in [1.807, 2.05) is 12.2 Å². The number of carbonyl (C=O) groups is 2. The Kier molecular flexibility index (Phi) is 6.89. The van der Waals surface area contributed by atoms with Gasteiger partial charge in [-0.1, -0.05) is 43.5 Å². The number of benzene rings is 1. The number of rotatable bonds is 10. The third-order valence-corrected chi connectivity index (χ3v) is 8.75. The minimum absolute atomic E-state index is 0.0547. The van der Waals surface area contributed by atoms with Gasteiger partial charge in [0.2, 0.25) is 0 Å². The summed E-state index contributed by atoms with van der Waals surface area (Å²) in [5.74, 6) is 0.239. The highest BCUT2D eigenvalue weighted by Gasteiger charge is 2.46. The zero-order valence-corrected chi connectivity index (χ0v) is 18.6. The Hall–Kier alpha value is -1.63. The maximum Gasteiger partial charge on any atom is 0.335 e. The Morgan fingerprint density at radius 1 is 1.23 bits per heavy atom. The van der Waals surface area contributed by atoms with Crippen molar-refractivity contribution in [2.75, 3.05) is 0 Å². The molecule has 3 saturated carbocycles. The fourth-order valence-corrected chi connectivity index (χ4v) is 6.39. The molecule has 3 unspecified atom stereocenters. The van der Waals surface area contributed by atoms with E-state index in [9.17, 15) is 19.8 Å². The van der Waals surface area contributed by atoms with Crippen LogP contribution in [0.3, 0.4) is 0 Å². The molecular weight excluding hydrogens is 412 g/mol. The van der Waals surface area contributed by atoms with Crippen LogP contribution in [0.1, 0.15) is 67.3 Å². The third-order valence-electron chi connectivity index (χ3n) is 7.32. The van der Waals surface area contributed by atoms with E-state index in [4.69, 9.17) is 5.11 Å². The quantitative estimate of drug-likeness (QED) is 0.468. The molecule has 1 aromatic carbocycles. The highest BCUT2D eigenvalue weighted by molar-refractivity contribution is 7.99. The van der Waals surface area contributed by atoms with Gasteiger partial charge in [-0.25, -0.2) is 4.79 Å². The molecule has 168 valence electrons. The summed E-state index contributed by atoms with van der Waals surface area (Å²) in [5, 5.41) is 30.0. The Morgan fingerprint density at radius 2 is 1.94 bits per heavy atom. The Balaban J connectivity index is 1.33. The molecule has 5 nitrogen and oxygen atoms in total. The lowest BCUT2D eigenvalue weighted by Crippen LogP contribution is -2.41. The maximum absolute atomic E-state index is 12.5. The van der Waals surface area contributed by atoms with Crippen LogP contribution in [0, 0.1) is 17.3 Å². The number of Topliss-reactive ketones (excluding diaryl/α,β-unsaturated/α-hetero) is 1. The van der Waals surface area contributed by atoms with Crippen LogP contribution in [0.4, 0.5) is 0 Å². The zero-order valence-electron chi connectivity index (χ0n) is 17.8. The van der Waals surface area contributed by atoms with Gasteiger partial charge >= 0.3 is 5.97 Å². The molecule has 0 aromatic heterocycles. The summed E-state index contributed by atoms with van der Waals surface area (Å²) in [4.78, 5) is 23.4. The Morgan fingerprint density at radius 3 is 2.52 bits per heavy atom. The van der Waals surface area contributed by atoms with Gasteiger partial charge in [0.25, 0.3) is 0 Å². The summed E-state index contributed by atoms with van der Waals surface area (Å²) in [6.07, 6.45) is 10.8. The molecule has 6 heteroatoms. The smallest absolute Gasteiger partial charge is 0.335 e. The molecule has 0 heterocycles. The van der Waals surface area contributed by atoms with E-state index in [-0.39, 0.29) is 40.5 Å². The van der Waals surface area contributed by atoms with Crippen LogP contribution in [-0.2, 0) is 10.5 Å². The first-order valence-electron chi connectivity index (χ1n) is 11.4. The minimum Gasteiger partial charge on any atom is -0.478 e. The maximum atomic E-state index is 12.5. The van der Waals surface area contributed by atoms with Gasteiger partial charge < -0.3 is 15.3 Å². The van der Waals surface area contributed by atoms with Crippen LogP contribution in [0.25, 0.3) is 0 Å². The summed E-state index contributed by atoms with van der Waals surface area (Å²) < 4.78 is 0. The second kappa shape index (κ2) is 9.47. The van der Waals surface area contributed by atoms with Gasteiger partial charge in [-0.15, -0.1) is 11.8 Å². The molecule has 31 heavy (non-hydrogen) atoms. The first-order chi connectivity index (χ1) is 14.9. The van der Waals surface area contributed by atoms with E-state index in [2.05, 4.69) is 0 Å². The van der Waals surface area contributed by atoms with E-state index in [1.165, 1.54) is 31.0 Å². The van der Waals surface area contributed by atoms with Gasteiger partial charge in [0.1, 0.15) is 5.78 Å². The summed E-state index contributed by atoms with van der Waals surface area (Å²) >= 11 is 1.50. The Bertz CT molecular complexity index is 825. The average molecular weight is 445 g/mol. The first-order valence-corrected chi connectivity index (χ1v) is 12.4. The van der Waals surface area contributed by atoms with Crippen LogP contribution < -0.4 is 0 Å². The highest BCUT2D eigenvalue weighted by atomic mass is 32.2. The summed E-state index contributed by atoms with van der Waals surface area (Å²) in [6, 6.07) is 6.68. The van der Waals surface area contributed by atoms with Crippen molar-refractivity contribution in [1.82, 2.24) is 0 Å². The van der Waals surface area contributed by atoms with Crippen LogP contribution in [0.2, 0.25) is 0 Å². The second-order valence-corrected chi connectivity index (χ2v) is 10.7. The predicted octanol–water partition coefficient (Wildman–Crippen LogP) is 4.21. The number of carbonyl (C=O) groups excluding carboxylic acids is 1. The van der Waals surface area contributed by atoms with Crippen molar-refractivity contribution in [2.45, 2.75) is 74.6 Å². The topological polar surface area (TPSA) is 94.8 Å². The van der Waals surface area contributed by atoms with E-state index >= 15 is 0 Å². The predicted molar refractivity (Wildman–Crippen MR) is 121 cm³/mol. The molecule has 0 aliphatic heterocycles. The lowest BCUT2D eigenvalue weighted by atomic mass is 9.61. The van der Waals surface area contributed by atoms with Crippen LogP contribution in [-0.4, -0.2) is 44.5 Å². The summed E-state index contributed by atoms with van der Waals surface area (Å²) in [6.45, 7) is 0. The van der Waals surface area contributed by atoms with Crippen molar-refractivity contribution in [2.24, 2.45) is 17.3 Å². The lowest BCUT2D eigenvalue weighted by Gasteiger charge is -2.46. The van der Waals surface area contributed by atoms with E-state index in [1.54, 1.807) is 24.3 Å². The molecule has 0 bridgehead atoms. The van der Waals surface area contributed by atoms with Gasteiger partial charge in [0, 0.05) is 18.1 Å². The number of thioether (sulfide) groups is 1. The van der Waals surface area contributed by atoms with Gasteiger partial charge in [0.15, 0.2) is 0 Å². The van der Waals surface area contributed by atoms with Gasteiger partial charge in [-0.3, -0.25) is 4.79 Å². The Labute approximate surface area is 187 Å². The monoisotopic (exact) mass is 444 g/mol. The van der Waals surface area contributed by atoms with Crippen molar-refractivity contribution in [1.29, 1.82) is 0 Å². The van der Waals surface area contributed by atoms with Gasteiger partial charge in [-0.05, 0) is 54.7 Å². The molecular formula is C25H32O5S. The fourth-order valence-electron chi connectivity index (χ4n) is 5.05. The molecule has 0 amide bonds. The third kappa shape index (κ3) is 5.24. The number of hydrogen-bond donors (Lipinski definition) is 3. The number of carboxylic acid groups (broad SMARTS) is 1. The molecule has 0 spiro atoms. The number of aromatic carboxylic acids is 1.